The maximum Gasteiger partial charge on any atom is 0.305 e. The molecule has 0 amide bonds. The van der Waals surface area contributed by atoms with Crippen molar-refractivity contribution in [2.45, 2.75) is 25.1 Å². The van der Waals surface area contributed by atoms with Crippen molar-refractivity contribution >= 4 is 17.4 Å². The molecular formula is C12H16F2N2O2S. The molecule has 0 aliphatic carbocycles. The number of nitrogens with zero attached hydrogens (tertiary/aromatic N) is 1. The van der Waals surface area contributed by atoms with Gasteiger partial charge in [-0.25, -0.2) is 4.39 Å². The molecule has 1 atom stereocenters. The van der Waals surface area contributed by atoms with E-state index in [1.165, 1.54) is 0 Å². The maximum atomic E-state index is 13.4. The van der Waals surface area contributed by atoms with Crippen LogP contribution in [0.15, 0.2) is 12.1 Å². The van der Waals surface area contributed by atoms with Crippen LogP contribution in [0.2, 0.25) is 0 Å². The zero-order valence-electron chi connectivity index (χ0n) is 10.8. The quantitative estimate of drug-likeness (QED) is 0.476. The summed E-state index contributed by atoms with van der Waals surface area (Å²) in [6.07, 6.45) is 2.92. The van der Waals surface area contributed by atoms with Gasteiger partial charge < -0.3 is 5.32 Å². The molecule has 0 saturated heterocycles. The molecule has 0 bridgehead atoms. The molecule has 0 radical (unpaired) electrons. The van der Waals surface area contributed by atoms with Crippen molar-refractivity contribution in [1.82, 2.24) is 5.32 Å². The van der Waals surface area contributed by atoms with E-state index >= 15 is 0 Å². The number of hydrogen-bond acceptors (Lipinski definition) is 4. The third kappa shape index (κ3) is 4.76. The first-order valence-electron chi connectivity index (χ1n) is 5.81. The number of rotatable bonds is 7. The standard InChI is InChI=1S/C12H16F2N2O2S/c1-8(19-2)3-4-15-7-9-5-12(16(17)18)11(14)6-10(9)13/h5-6,8,15H,3-4,7H2,1-2H3. The van der Waals surface area contributed by atoms with Gasteiger partial charge in [-0.1, -0.05) is 6.92 Å². The molecule has 0 aliphatic heterocycles. The Kier molecular flexibility index (Phi) is 6.17. The first kappa shape index (κ1) is 15.8. The van der Waals surface area contributed by atoms with Crippen LogP contribution in [0.1, 0.15) is 18.9 Å². The summed E-state index contributed by atoms with van der Waals surface area (Å²) in [7, 11) is 0. The third-order valence-electron chi connectivity index (χ3n) is 2.76. The van der Waals surface area contributed by atoms with Crippen LogP contribution in [0.5, 0.6) is 0 Å². The summed E-state index contributed by atoms with van der Waals surface area (Å²) in [5, 5.41) is 14.0. The molecule has 0 fully saturated rings. The molecule has 1 unspecified atom stereocenters. The second-order valence-corrected chi connectivity index (χ2v) is 5.44. The second-order valence-electron chi connectivity index (χ2n) is 4.16. The molecule has 0 aliphatic rings. The first-order valence-corrected chi connectivity index (χ1v) is 7.10. The Hall–Kier alpha value is -1.21. The van der Waals surface area contributed by atoms with Gasteiger partial charge in [0.2, 0.25) is 5.82 Å². The van der Waals surface area contributed by atoms with Crippen LogP contribution in [0.25, 0.3) is 0 Å². The molecule has 106 valence electrons. The molecule has 0 saturated carbocycles. The summed E-state index contributed by atoms with van der Waals surface area (Å²) in [6.45, 7) is 2.90. The van der Waals surface area contributed by atoms with Crippen LogP contribution in [-0.2, 0) is 6.54 Å². The fourth-order valence-electron chi connectivity index (χ4n) is 1.50. The highest BCUT2D eigenvalue weighted by molar-refractivity contribution is 7.99. The SMILES string of the molecule is CSC(C)CCNCc1cc([N+](=O)[O-])c(F)cc1F. The number of nitro groups is 1. The molecule has 0 heterocycles. The average Bonchev–Trinajstić information content (AvgIpc) is 2.35. The van der Waals surface area contributed by atoms with E-state index in [9.17, 15) is 18.9 Å². The number of hydrogen-bond donors (Lipinski definition) is 1. The number of benzene rings is 1. The van der Waals surface area contributed by atoms with Gasteiger partial charge in [-0.3, -0.25) is 10.1 Å². The van der Waals surface area contributed by atoms with Gasteiger partial charge >= 0.3 is 5.69 Å². The van der Waals surface area contributed by atoms with Gasteiger partial charge in [-0.2, -0.15) is 16.2 Å². The lowest BCUT2D eigenvalue weighted by atomic mass is 10.1. The van der Waals surface area contributed by atoms with Crippen molar-refractivity contribution in [3.63, 3.8) is 0 Å². The van der Waals surface area contributed by atoms with Crippen LogP contribution >= 0.6 is 11.8 Å². The number of nitro benzene ring substituents is 1. The van der Waals surface area contributed by atoms with E-state index in [-0.39, 0.29) is 12.1 Å². The van der Waals surface area contributed by atoms with Gasteiger partial charge in [0.15, 0.2) is 0 Å². The highest BCUT2D eigenvalue weighted by Crippen LogP contribution is 2.21. The third-order valence-corrected chi connectivity index (χ3v) is 3.80. The van der Waals surface area contributed by atoms with Crippen LogP contribution in [0.3, 0.4) is 0 Å². The lowest BCUT2D eigenvalue weighted by Crippen LogP contribution is -2.18. The molecule has 0 aromatic heterocycles. The predicted molar refractivity (Wildman–Crippen MR) is 72.3 cm³/mol. The van der Waals surface area contributed by atoms with Crippen LogP contribution in [0.4, 0.5) is 14.5 Å². The molecule has 4 nitrogen and oxygen atoms in total. The predicted octanol–water partition coefficient (Wildman–Crippen LogP) is 3.10. The molecule has 1 N–H and O–H groups in total. The highest BCUT2D eigenvalue weighted by atomic mass is 32.2. The lowest BCUT2D eigenvalue weighted by molar-refractivity contribution is -0.387. The van der Waals surface area contributed by atoms with E-state index in [1.807, 2.05) is 6.26 Å². The number of halogens is 2. The first-order chi connectivity index (χ1) is 8.95. The number of thioether (sulfide) groups is 1. The van der Waals surface area contributed by atoms with Crippen molar-refractivity contribution in [2.24, 2.45) is 0 Å². The monoisotopic (exact) mass is 290 g/mol. The van der Waals surface area contributed by atoms with Gasteiger partial charge in [0.05, 0.1) is 4.92 Å². The van der Waals surface area contributed by atoms with Gasteiger partial charge in [0.25, 0.3) is 0 Å². The zero-order valence-corrected chi connectivity index (χ0v) is 11.6. The highest BCUT2D eigenvalue weighted by Gasteiger charge is 2.18. The fourth-order valence-corrected chi connectivity index (χ4v) is 1.86. The summed E-state index contributed by atoms with van der Waals surface area (Å²) in [4.78, 5) is 9.71. The fraction of sp³-hybridized carbons (Fsp3) is 0.500. The largest absolute Gasteiger partial charge is 0.313 e. The Morgan fingerprint density at radius 2 is 2.11 bits per heavy atom. The average molecular weight is 290 g/mol. The van der Waals surface area contributed by atoms with E-state index in [2.05, 4.69) is 12.2 Å². The van der Waals surface area contributed by atoms with Crippen molar-refractivity contribution in [3.8, 4) is 0 Å². The topological polar surface area (TPSA) is 55.2 Å². The summed E-state index contributed by atoms with van der Waals surface area (Å²) in [5.74, 6) is -1.92. The van der Waals surface area contributed by atoms with Gasteiger partial charge in [0.1, 0.15) is 5.82 Å². The second kappa shape index (κ2) is 7.40. The minimum absolute atomic E-state index is 0.102. The number of nitrogens with one attached hydrogen (secondary N) is 1. The van der Waals surface area contributed by atoms with Crippen LogP contribution in [0, 0.1) is 21.7 Å². The molecule has 1 rings (SSSR count). The van der Waals surface area contributed by atoms with Crippen LogP contribution in [-0.4, -0.2) is 23.0 Å². The smallest absolute Gasteiger partial charge is 0.305 e. The van der Waals surface area contributed by atoms with Crippen molar-refractivity contribution in [3.05, 3.63) is 39.4 Å². The van der Waals surface area contributed by atoms with Crippen LogP contribution < -0.4 is 5.32 Å². The molecular weight excluding hydrogens is 274 g/mol. The van der Waals surface area contributed by atoms with E-state index in [0.29, 0.717) is 17.9 Å². The lowest BCUT2D eigenvalue weighted by Gasteiger charge is -2.09. The van der Waals surface area contributed by atoms with E-state index < -0.39 is 22.2 Å². The molecule has 1 aromatic carbocycles. The Balaban J connectivity index is 2.63. The minimum Gasteiger partial charge on any atom is -0.313 e. The van der Waals surface area contributed by atoms with Gasteiger partial charge in [0, 0.05) is 29.5 Å². The Morgan fingerprint density at radius 1 is 1.42 bits per heavy atom. The summed E-state index contributed by atoms with van der Waals surface area (Å²) in [6, 6.07) is 1.50. The summed E-state index contributed by atoms with van der Waals surface area (Å²) < 4.78 is 26.6. The zero-order chi connectivity index (χ0) is 14.4. The van der Waals surface area contributed by atoms with Crippen molar-refractivity contribution < 1.29 is 13.7 Å². The summed E-state index contributed by atoms with van der Waals surface area (Å²) in [5.41, 5.74) is -0.597. The van der Waals surface area contributed by atoms with E-state index in [4.69, 9.17) is 0 Å². The Morgan fingerprint density at radius 3 is 2.68 bits per heavy atom. The summed E-state index contributed by atoms with van der Waals surface area (Å²) >= 11 is 1.73. The maximum absolute atomic E-state index is 13.4. The normalized spacial score (nSPS) is 12.4. The van der Waals surface area contributed by atoms with E-state index in [0.717, 1.165) is 12.5 Å². The Bertz CT molecular complexity index is 458. The molecule has 19 heavy (non-hydrogen) atoms. The van der Waals surface area contributed by atoms with Gasteiger partial charge in [-0.05, 0) is 19.2 Å². The molecule has 7 heteroatoms. The van der Waals surface area contributed by atoms with Crippen molar-refractivity contribution in [2.75, 3.05) is 12.8 Å². The molecule has 0 spiro atoms. The minimum atomic E-state index is -1.15. The van der Waals surface area contributed by atoms with E-state index in [1.54, 1.807) is 11.8 Å². The Labute approximate surface area is 114 Å². The van der Waals surface area contributed by atoms with Gasteiger partial charge in [-0.15, -0.1) is 0 Å². The van der Waals surface area contributed by atoms with Crippen molar-refractivity contribution in [1.29, 1.82) is 0 Å². The molecule has 1 aromatic rings.